The van der Waals surface area contributed by atoms with Gasteiger partial charge in [0.2, 0.25) is 0 Å². The Balaban J connectivity index is 1.54. The number of fused-ring (bicyclic) bond motifs is 8. The average Bonchev–Trinajstić information content (AvgIpc) is 3.60. The van der Waals surface area contributed by atoms with Crippen LogP contribution in [0.2, 0.25) is 0 Å². The highest BCUT2D eigenvalue weighted by molar-refractivity contribution is 5.79. The van der Waals surface area contributed by atoms with Crippen LogP contribution in [0.4, 0.5) is 0 Å². The van der Waals surface area contributed by atoms with Gasteiger partial charge in [0.1, 0.15) is 0 Å². The highest BCUT2D eigenvalue weighted by atomic mass is 14.8. The average molecular weight is 437 g/mol. The van der Waals surface area contributed by atoms with Gasteiger partial charge >= 0.3 is 0 Å². The standard InChI is InChI=1S/C29H32N4/c1-2-3-4-5-6-7-8-9-27-28-16-14-25(32-28)19-23-12-10-21(30-23)18-22-11-13-24(31-22)20-26-15-17-29(27)33-26/h10-20,30-31H,2-9H2,1H3. The number of hydrogen-bond donors (Lipinski definition) is 2. The van der Waals surface area contributed by atoms with Gasteiger partial charge in [0.25, 0.3) is 0 Å². The zero-order valence-electron chi connectivity index (χ0n) is 19.4. The molecule has 2 aliphatic rings. The molecule has 33 heavy (non-hydrogen) atoms. The van der Waals surface area contributed by atoms with Crippen LogP contribution in [0.25, 0.3) is 46.4 Å². The fourth-order valence-corrected chi connectivity index (χ4v) is 4.58. The lowest BCUT2D eigenvalue weighted by molar-refractivity contribution is 0.589. The molecule has 168 valence electrons. The van der Waals surface area contributed by atoms with E-state index in [4.69, 9.17) is 9.97 Å². The predicted molar refractivity (Wildman–Crippen MR) is 141 cm³/mol. The van der Waals surface area contributed by atoms with Crippen molar-refractivity contribution in [2.24, 2.45) is 0 Å². The maximum atomic E-state index is 4.96. The summed E-state index contributed by atoms with van der Waals surface area (Å²) in [7, 11) is 0. The highest BCUT2D eigenvalue weighted by Gasteiger charge is 2.11. The van der Waals surface area contributed by atoms with Gasteiger partial charge in [0, 0.05) is 27.6 Å². The molecule has 0 radical (unpaired) electrons. The lowest BCUT2D eigenvalue weighted by Crippen LogP contribution is -1.95. The molecule has 0 saturated heterocycles. The molecular formula is C29H32N4. The van der Waals surface area contributed by atoms with Crippen molar-refractivity contribution in [3.63, 3.8) is 0 Å². The third kappa shape index (κ3) is 5.33. The molecular weight excluding hydrogens is 404 g/mol. The van der Waals surface area contributed by atoms with Gasteiger partial charge in [0.15, 0.2) is 0 Å². The third-order valence-corrected chi connectivity index (χ3v) is 6.35. The Bertz CT molecular complexity index is 1240. The lowest BCUT2D eigenvalue weighted by atomic mass is 10.0. The monoisotopic (exact) mass is 436 g/mol. The van der Waals surface area contributed by atoms with Crippen molar-refractivity contribution in [2.75, 3.05) is 0 Å². The second-order valence-corrected chi connectivity index (χ2v) is 9.03. The topological polar surface area (TPSA) is 57.4 Å². The number of unbranched alkanes of at least 4 members (excludes halogenated alkanes) is 6. The van der Waals surface area contributed by atoms with Crippen molar-refractivity contribution in [1.82, 2.24) is 19.9 Å². The summed E-state index contributed by atoms with van der Waals surface area (Å²) in [6, 6.07) is 14.7. The van der Waals surface area contributed by atoms with E-state index >= 15 is 0 Å². The van der Waals surface area contributed by atoms with Gasteiger partial charge in [-0.25, -0.2) is 9.97 Å². The largest absolute Gasteiger partial charge is 0.355 e. The quantitative estimate of drug-likeness (QED) is 0.242. The van der Waals surface area contributed by atoms with Crippen molar-refractivity contribution >= 4 is 46.4 Å². The maximum Gasteiger partial charge on any atom is 0.0691 e. The molecule has 8 bridgehead atoms. The molecule has 5 heterocycles. The molecule has 2 aliphatic heterocycles. The first-order valence-electron chi connectivity index (χ1n) is 12.3. The zero-order valence-corrected chi connectivity index (χ0v) is 19.4. The Hall–Kier alpha value is -3.40. The van der Waals surface area contributed by atoms with Gasteiger partial charge in [0.05, 0.1) is 22.8 Å². The SMILES string of the molecule is CCCCCCCCCc1c2nc(cc3ccc(cc4ccc(cc5nc1C=C5)[nH]4)[nH]3)C=C2. The Labute approximate surface area is 195 Å². The predicted octanol–water partition coefficient (Wildman–Crippen LogP) is 7.95. The minimum Gasteiger partial charge on any atom is -0.355 e. The summed E-state index contributed by atoms with van der Waals surface area (Å²) in [6.07, 6.45) is 18.6. The summed E-state index contributed by atoms with van der Waals surface area (Å²) in [4.78, 5) is 16.9. The third-order valence-electron chi connectivity index (χ3n) is 6.35. The van der Waals surface area contributed by atoms with Crippen LogP contribution in [0.1, 0.15) is 80.2 Å². The molecule has 0 saturated carbocycles. The molecule has 0 amide bonds. The number of H-pyrrole nitrogens is 2. The van der Waals surface area contributed by atoms with Crippen LogP contribution in [0.3, 0.4) is 0 Å². The van der Waals surface area contributed by atoms with Gasteiger partial charge in [-0.1, -0.05) is 45.4 Å². The van der Waals surface area contributed by atoms with E-state index in [1.807, 2.05) is 0 Å². The van der Waals surface area contributed by atoms with Crippen molar-refractivity contribution < 1.29 is 0 Å². The van der Waals surface area contributed by atoms with Crippen molar-refractivity contribution in [3.8, 4) is 0 Å². The maximum absolute atomic E-state index is 4.96. The molecule has 5 rings (SSSR count). The lowest BCUT2D eigenvalue weighted by Gasteiger charge is -2.05. The van der Waals surface area contributed by atoms with E-state index in [2.05, 4.69) is 83.7 Å². The van der Waals surface area contributed by atoms with Crippen molar-refractivity contribution in [1.29, 1.82) is 0 Å². The van der Waals surface area contributed by atoms with Crippen molar-refractivity contribution in [2.45, 2.75) is 58.3 Å². The van der Waals surface area contributed by atoms with Gasteiger partial charge in [-0.3, -0.25) is 0 Å². The van der Waals surface area contributed by atoms with E-state index in [9.17, 15) is 0 Å². The van der Waals surface area contributed by atoms with Crippen LogP contribution < -0.4 is 0 Å². The van der Waals surface area contributed by atoms with E-state index in [1.54, 1.807) is 0 Å². The molecule has 3 aromatic heterocycles. The number of aromatic nitrogens is 4. The fourth-order valence-electron chi connectivity index (χ4n) is 4.58. The summed E-state index contributed by atoms with van der Waals surface area (Å²) < 4.78 is 0. The van der Waals surface area contributed by atoms with E-state index in [1.165, 1.54) is 50.5 Å². The molecule has 0 fully saturated rings. The Morgan fingerprint density at radius 1 is 0.576 bits per heavy atom. The summed E-state index contributed by atoms with van der Waals surface area (Å²) >= 11 is 0. The molecule has 4 heteroatoms. The van der Waals surface area contributed by atoms with Crippen LogP contribution in [0.5, 0.6) is 0 Å². The summed E-state index contributed by atoms with van der Waals surface area (Å²) in [5.41, 5.74) is 9.53. The molecule has 0 atom stereocenters. The van der Waals surface area contributed by atoms with E-state index in [-0.39, 0.29) is 0 Å². The van der Waals surface area contributed by atoms with E-state index < -0.39 is 0 Å². The summed E-state index contributed by atoms with van der Waals surface area (Å²) in [6.45, 7) is 2.27. The number of hydrogen-bond acceptors (Lipinski definition) is 2. The first kappa shape index (κ1) is 21.4. The molecule has 0 aromatic carbocycles. The highest BCUT2D eigenvalue weighted by Crippen LogP contribution is 2.24. The number of aromatic amines is 2. The first-order valence-corrected chi connectivity index (χ1v) is 12.3. The Morgan fingerprint density at radius 2 is 1.06 bits per heavy atom. The Morgan fingerprint density at radius 3 is 1.61 bits per heavy atom. The van der Waals surface area contributed by atoms with E-state index in [0.29, 0.717) is 0 Å². The fraction of sp³-hybridized carbons (Fsp3) is 0.310. The minimum atomic E-state index is 0.975. The van der Waals surface area contributed by atoms with Gasteiger partial charge in [-0.15, -0.1) is 0 Å². The van der Waals surface area contributed by atoms with Crippen LogP contribution in [0.15, 0.2) is 42.5 Å². The normalized spacial score (nSPS) is 12.5. The molecule has 0 unspecified atom stereocenters. The minimum absolute atomic E-state index is 0.975. The van der Waals surface area contributed by atoms with Gasteiger partial charge < -0.3 is 9.97 Å². The molecule has 2 N–H and O–H groups in total. The van der Waals surface area contributed by atoms with Crippen LogP contribution in [0, 0.1) is 0 Å². The first-order chi connectivity index (χ1) is 16.3. The summed E-state index contributed by atoms with van der Waals surface area (Å²) in [5, 5.41) is 0. The van der Waals surface area contributed by atoms with Crippen molar-refractivity contribution in [3.05, 3.63) is 70.8 Å². The smallest absolute Gasteiger partial charge is 0.0691 e. The van der Waals surface area contributed by atoms with Crippen LogP contribution in [-0.2, 0) is 6.42 Å². The summed E-state index contributed by atoms with van der Waals surface area (Å²) in [5.74, 6) is 0. The van der Waals surface area contributed by atoms with Gasteiger partial charge in [-0.2, -0.15) is 0 Å². The second kappa shape index (κ2) is 10.0. The van der Waals surface area contributed by atoms with Crippen LogP contribution in [-0.4, -0.2) is 19.9 Å². The van der Waals surface area contributed by atoms with Crippen LogP contribution >= 0.6 is 0 Å². The molecule has 4 nitrogen and oxygen atoms in total. The molecule has 3 aromatic rings. The molecule has 0 spiro atoms. The molecule has 0 aliphatic carbocycles. The second-order valence-electron chi connectivity index (χ2n) is 9.03. The van der Waals surface area contributed by atoms with Gasteiger partial charge in [-0.05, 0) is 79.6 Å². The number of nitrogens with zero attached hydrogens (tertiary/aromatic N) is 2. The van der Waals surface area contributed by atoms with E-state index in [0.717, 1.165) is 51.3 Å². The Kier molecular flexibility index (Phi) is 6.52. The number of rotatable bonds is 8. The number of nitrogens with one attached hydrogen (secondary N) is 2. The zero-order chi connectivity index (χ0) is 22.5.